The zero-order valence-corrected chi connectivity index (χ0v) is 10.4. The van der Waals surface area contributed by atoms with Crippen LogP contribution in [0.25, 0.3) is 0 Å². The van der Waals surface area contributed by atoms with Gasteiger partial charge in [0.1, 0.15) is 0 Å². The van der Waals surface area contributed by atoms with Crippen molar-refractivity contribution in [2.24, 2.45) is 0 Å². The minimum Gasteiger partial charge on any atom is -0.476 e. The minimum absolute atomic E-state index is 0.124. The SMILES string of the molecule is Cc1cc(C(=O)O)nn1CCCc1cccs1. The van der Waals surface area contributed by atoms with Gasteiger partial charge >= 0.3 is 5.97 Å². The van der Waals surface area contributed by atoms with E-state index < -0.39 is 5.97 Å². The quantitative estimate of drug-likeness (QED) is 0.887. The van der Waals surface area contributed by atoms with Gasteiger partial charge in [0, 0.05) is 17.1 Å². The molecule has 0 fully saturated rings. The molecule has 0 aromatic carbocycles. The summed E-state index contributed by atoms with van der Waals surface area (Å²) >= 11 is 1.75. The molecule has 0 amide bonds. The lowest BCUT2D eigenvalue weighted by molar-refractivity contribution is 0.0689. The summed E-state index contributed by atoms with van der Waals surface area (Å²) in [5, 5.41) is 14.9. The number of rotatable bonds is 5. The van der Waals surface area contributed by atoms with Gasteiger partial charge in [-0.2, -0.15) is 5.10 Å². The summed E-state index contributed by atoms with van der Waals surface area (Å²) < 4.78 is 1.76. The van der Waals surface area contributed by atoms with Gasteiger partial charge in [0.2, 0.25) is 0 Å². The second-order valence-corrected chi connectivity index (χ2v) is 4.91. The summed E-state index contributed by atoms with van der Waals surface area (Å²) in [7, 11) is 0. The van der Waals surface area contributed by atoms with Gasteiger partial charge in [0.25, 0.3) is 0 Å². The van der Waals surface area contributed by atoms with E-state index in [4.69, 9.17) is 5.11 Å². The largest absolute Gasteiger partial charge is 0.476 e. The van der Waals surface area contributed by atoms with Crippen LogP contribution in [-0.2, 0) is 13.0 Å². The van der Waals surface area contributed by atoms with Crippen LogP contribution in [-0.4, -0.2) is 20.9 Å². The Kier molecular flexibility index (Phi) is 3.58. The van der Waals surface area contributed by atoms with Gasteiger partial charge in [0.05, 0.1) is 0 Å². The molecule has 0 radical (unpaired) electrons. The van der Waals surface area contributed by atoms with E-state index in [0.717, 1.165) is 25.1 Å². The molecule has 0 aliphatic rings. The highest BCUT2D eigenvalue weighted by Crippen LogP contribution is 2.12. The Hall–Kier alpha value is -1.62. The van der Waals surface area contributed by atoms with Gasteiger partial charge in [-0.25, -0.2) is 4.79 Å². The third-order valence-corrected chi connectivity index (χ3v) is 3.51. The highest BCUT2D eigenvalue weighted by atomic mass is 32.1. The number of aromatic nitrogens is 2. The minimum atomic E-state index is -0.967. The molecule has 2 rings (SSSR count). The molecule has 0 aliphatic heterocycles. The number of thiophene rings is 1. The standard InChI is InChI=1S/C12H14N2O2S/c1-9-8-11(12(15)16)13-14(9)6-2-4-10-5-3-7-17-10/h3,5,7-8H,2,4,6H2,1H3,(H,15,16). The number of aromatic carboxylic acids is 1. The van der Waals surface area contributed by atoms with Crippen molar-refractivity contribution in [2.75, 3.05) is 0 Å². The van der Waals surface area contributed by atoms with Crippen LogP contribution in [0.15, 0.2) is 23.6 Å². The molecule has 1 N–H and O–H groups in total. The predicted octanol–water partition coefficient (Wildman–Crippen LogP) is 2.58. The Labute approximate surface area is 104 Å². The van der Waals surface area contributed by atoms with E-state index in [9.17, 15) is 4.79 Å². The lowest BCUT2D eigenvalue weighted by atomic mass is 10.2. The molecular formula is C12H14N2O2S. The second-order valence-electron chi connectivity index (χ2n) is 3.88. The summed E-state index contributed by atoms with van der Waals surface area (Å²) in [5.74, 6) is -0.967. The molecule has 5 heteroatoms. The van der Waals surface area contributed by atoms with E-state index in [2.05, 4.69) is 16.5 Å². The first-order chi connectivity index (χ1) is 8.16. The van der Waals surface area contributed by atoms with Crippen LogP contribution in [0, 0.1) is 6.92 Å². The normalized spacial score (nSPS) is 10.6. The topological polar surface area (TPSA) is 55.1 Å². The fraction of sp³-hybridized carbons (Fsp3) is 0.333. The summed E-state index contributed by atoms with van der Waals surface area (Å²) in [6.07, 6.45) is 1.99. The van der Waals surface area contributed by atoms with Crippen molar-refractivity contribution in [1.82, 2.24) is 9.78 Å². The van der Waals surface area contributed by atoms with Crippen LogP contribution in [0.5, 0.6) is 0 Å². The van der Waals surface area contributed by atoms with Crippen LogP contribution in [0.2, 0.25) is 0 Å². The molecule has 90 valence electrons. The Morgan fingerprint density at radius 3 is 3.00 bits per heavy atom. The van der Waals surface area contributed by atoms with Crippen molar-refractivity contribution in [2.45, 2.75) is 26.3 Å². The Balaban J connectivity index is 1.92. The third-order valence-electron chi connectivity index (χ3n) is 2.57. The molecule has 2 aromatic heterocycles. The maximum absolute atomic E-state index is 10.8. The monoisotopic (exact) mass is 250 g/mol. The lowest BCUT2D eigenvalue weighted by Gasteiger charge is -2.02. The molecule has 4 nitrogen and oxygen atoms in total. The zero-order valence-electron chi connectivity index (χ0n) is 9.59. The molecule has 2 aromatic rings. The van der Waals surface area contributed by atoms with Crippen LogP contribution < -0.4 is 0 Å². The summed E-state index contributed by atoms with van der Waals surface area (Å²) in [6.45, 7) is 2.64. The second kappa shape index (κ2) is 5.14. The Morgan fingerprint density at radius 2 is 2.41 bits per heavy atom. The van der Waals surface area contributed by atoms with Crippen molar-refractivity contribution in [3.8, 4) is 0 Å². The van der Waals surface area contributed by atoms with Gasteiger partial charge in [-0.15, -0.1) is 11.3 Å². The average Bonchev–Trinajstić information content (AvgIpc) is 2.89. The molecule has 0 saturated heterocycles. The molecule has 2 heterocycles. The highest BCUT2D eigenvalue weighted by Gasteiger charge is 2.09. The summed E-state index contributed by atoms with van der Waals surface area (Å²) in [4.78, 5) is 12.1. The highest BCUT2D eigenvalue weighted by molar-refractivity contribution is 7.09. The fourth-order valence-corrected chi connectivity index (χ4v) is 2.45. The van der Waals surface area contributed by atoms with Crippen molar-refractivity contribution in [1.29, 1.82) is 0 Å². The van der Waals surface area contributed by atoms with Crippen molar-refractivity contribution >= 4 is 17.3 Å². The van der Waals surface area contributed by atoms with Crippen molar-refractivity contribution in [3.63, 3.8) is 0 Å². The van der Waals surface area contributed by atoms with Gasteiger partial charge in [0.15, 0.2) is 5.69 Å². The molecule has 0 atom stereocenters. The van der Waals surface area contributed by atoms with Gasteiger partial charge in [-0.1, -0.05) is 6.07 Å². The number of hydrogen-bond donors (Lipinski definition) is 1. The Bertz CT molecular complexity index is 503. The molecule has 0 saturated carbocycles. The van der Waals surface area contributed by atoms with Crippen LogP contribution >= 0.6 is 11.3 Å². The molecule has 0 aliphatic carbocycles. The Morgan fingerprint density at radius 1 is 1.59 bits per heavy atom. The number of carboxylic acids is 1. The van der Waals surface area contributed by atoms with Gasteiger partial charge < -0.3 is 5.11 Å². The van der Waals surface area contributed by atoms with E-state index in [1.54, 1.807) is 22.1 Å². The first-order valence-electron chi connectivity index (χ1n) is 5.47. The molecule has 0 bridgehead atoms. The maximum atomic E-state index is 10.8. The predicted molar refractivity (Wildman–Crippen MR) is 66.6 cm³/mol. The molecule has 17 heavy (non-hydrogen) atoms. The smallest absolute Gasteiger partial charge is 0.356 e. The number of carbonyl (C=O) groups is 1. The molecule has 0 unspecified atom stereocenters. The molecule has 0 spiro atoms. The number of carboxylic acid groups (broad SMARTS) is 1. The van der Waals surface area contributed by atoms with Gasteiger partial charge in [-0.05, 0) is 37.3 Å². The first kappa shape index (κ1) is 11.9. The van der Waals surface area contributed by atoms with Crippen LogP contribution in [0.1, 0.15) is 27.5 Å². The van der Waals surface area contributed by atoms with Crippen LogP contribution in [0.3, 0.4) is 0 Å². The van der Waals surface area contributed by atoms with E-state index in [0.29, 0.717) is 0 Å². The average molecular weight is 250 g/mol. The van der Waals surface area contributed by atoms with E-state index in [1.165, 1.54) is 4.88 Å². The fourth-order valence-electron chi connectivity index (χ4n) is 1.70. The zero-order chi connectivity index (χ0) is 12.3. The molecular weight excluding hydrogens is 236 g/mol. The first-order valence-corrected chi connectivity index (χ1v) is 6.35. The summed E-state index contributed by atoms with van der Waals surface area (Å²) in [6, 6.07) is 5.76. The van der Waals surface area contributed by atoms with Crippen molar-refractivity contribution < 1.29 is 9.90 Å². The number of aryl methyl sites for hydroxylation is 3. The number of hydrogen-bond acceptors (Lipinski definition) is 3. The lowest BCUT2D eigenvalue weighted by Crippen LogP contribution is -2.05. The van der Waals surface area contributed by atoms with Crippen LogP contribution in [0.4, 0.5) is 0 Å². The van der Waals surface area contributed by atoms with E-state index >= 15 is 0 Å². The van der Waals surface area contributed by atoms with E-state index in [-0.39, 0.29) is 5.69 Å². The summed E-state index contributed by atoms with van der Waals surface area (Å²) in [5.41, 5.74) is 1.02. The number of nitrogens with zero attached hydrogens (tertiary/aromatic N) is 2. The maximum Gasteiger partial charge on any atom is 0.356 e. The van der Waals surface area contributed by atoms with E-state index in [1.807, 2.05) is 13.0 Å². The van der Waals surface area contributed by atoms with Gasteiger partial charge in [-0.3, -0.25) is 4.68 Å². The third kappa shape index (κ3) is 2.94. The van der Waals surface area contributed by atoms with Crippen molar-refractivity contribution in [3.05, 3.63) is 39.8 Å².